The number of nitrogens with two attached hydrogens (primary N) is 1. The number of aliphatic hydroxyl groups is 3. The Morgan fingerprint density at radius 1 is 0.918 bits per heavy atom. The number of nitrogens with zero attached hydrogens (tertiary/aromatic N) is 1. The molecule has 3 amide bonds. The van der Waals surface area contributed by atoms with E-state index in [9.17, 15) is 54.3 Å². The Labute approximate surface area is 276 Å². The predicted octanol–water partition coefficient (Wildman–Crippen LogP) is -2.92. The van der Waals surface area contributed by atoms with E-state index < -0.39 is 84.6 Å². The second kappa shape index (κ2) is 15.7. The lowest BCUT2D eigenvalue weighted by molar-refractivity contribution is -0.271. The highest BCUT2D eigenvalue weighted by Gasteiger charge is 2.48. The van der Waals surface area contributed by atoms with Crippen molar-refractivity contribution in [2.75, 3.05) is 13.2 Å². The Balaban J connectivity index is 1.36. The number of carbonyl (C=O) groups excluding carboxylic acids is 3. The molecule has 264 valence electrons. The van der Waals surface area contributed by atoms with Gasteiger partial charge in [0.25, 0.3) is 0 Å². The summed E-state index contributed by atoms with van der Waals surface area (Å²) in [4.78, 5) is 72.7. The van der Waals surface area contributed by atoms with Crippen molar-refractivity contribution in [1.82, 2.24) is 15.5 Å². The second-order valence-electron chi connectivity index (χ2n) is 11.1. The molecule has 9 atom stereocenters. The monoisotopic (exact) mass is 690 g/mol. The number of rotatable bonds is 16. The number of nitrogens with one attached hydrogen (secondary N) is 2. The Morgan fingerprint density at radius 2 is 1.53 bits per heavy atom. The van der Waals surface area contributed by atoms with Gasteiger partial charge in [-0.2, -0.15) is 0 Å². The molecule has 4 rings (SSSR count). The molecule has 0 bridgehead atoms. The maximum absolute atomic E-state index is 13.1. The fourth-order valence-electron chi connectivity index (χ4n) is 5.09. The third kappa shape index (κ3) is 8.39. The van der Waals surface area contributed by atoms with E-state index in [2.05, 4.69) is 10.6 Å². The van der Waals surface area contributed by atoms with Crippen molar-refractivity contribution in [3.63, 3.8) is 0 Å². The van der Waals surface area contributed by atoms with Crippen molar-refractivity contribution < 1.29 is 73.6 Å². The van der Waals surface area contributed by atoms with Gasteiger partial charge < -0.3 is 66.1 Å². The van der Waals surface area contributed by atoms with Crippen LogP contribution in [0.4, 0.5) is 0 Å². The van der Waals surface area contributed by atoms with Crippen LogP contribution in [0, 0.1) is 0 Å². The number of ether oxygens (including phenoxy) is 3. The lowest BCUT2D eigenvalue weighted by Gasteiger charge is -2.42. The molecule has 0 spiro atoms. The Morgan fingerprint density at radius 3 is 2.08 bits per heavy atom. The number of carbonyl (C=O) groups is 6. The molecule has 2 aliphatic rings. The molecule has 19 nitrogen and oxygen atoms in total. The van der Waals surface area contributed by atoms with Crippen LogP contribution in [0.25, 0.3) is 0 Å². The maximum Gasteiger partial charge on any atom is 0.335 e. The number of aliphatic carboxylic acids is 3. The molecule has 0 radical (unpaired) electrons. The van der Waals surface area contributed by atoms with Gasteiger partial charge in [0.15, 0.2) is 12.1 Å². The second-order valence-corrected chi connectivity index (χ2v) is 11.1. The van der Waals surface area contributed by atoms with Crippen molar-refractivity contribution in [1.29, 1.82) is 0 Å². The van der Waals surface area contributed by atoms with E-state index in [0.29, 0.717) is 17.7 Å². The minimum atomic E-state index is -1.92. The van der Waals surface area contributed by atoms with Crippen molar-refractivity contribution in [2.24, 2.45) is 5.73 Å². The molecule has 0 saturated carbocycles. The van der Waals surface area contributed by atoms with Gasteiger partial charge in [-0.1, -0.05) is 24.3 Å². The van der Waals surface area contributed by atoms with Crippen LogP contribution in [0.5, 0.6) is 11.5 Å². The largest absolute Gasteiger partial charge is 0.494 e. The van der Waals surface area contributed by atoms with Gasteiger partial charge in [-0.05, 0) is 35.4 Å². The van der Waals surface area contributed by atoms with Crippen molar-refractivity contribution >= 4 is 36.1 Å². The number of aliphatic hydroxyl groups excluding tert-OH is 3. The molecule has 2 fully saturated rings. The van der Waals surface area contributed by atoms with E-state index >= 15 is 0 Å². The summed E-state index contributed by atoms with van der Waals surface area (Å²) in [5.74, 6) is -5.32. The molecule has 7 unspecified atom stereocenters. The summed E-state index contributed by atoms with van der Waals surface area (Å²) in [5, 5.41) is 62.8. The van der Waals surface area contributed by atoms with Gasteiger partial charge in [-0.15, -0.1) is 0 Å². The summed E-state index contributed by atoms with van der Waals surface area (Å²) in [5.41, 5.74) is 5.88. The number of benzene rings is 2. The zero-order chi connectivity index (χ0) is 36.0. The number of hydrogen-bond acceptors (Lipinski definition) is 13. The molecular weight excluding hydrogens is 656 g/mol. The summed E-state index contributed by atoms with van der Waals surface area (Å²) < 4.78 is 15.9. The molecule has 2 aromatic rings. The maximum atomic E-state index is 13.1. The number of amides is 3. The fourth-order valence-corrected chi connectivity index (χ4v) is 5.09. The first-order valence-corrected chi connectivity index (χ1v) is 14.7. The highest BCUT2D eigenvalue weighted by Crippen LogP contribution is 2.31. The van der Waals surface area contributed by atoms with Gasteiger partial charge >= 0.3 is 17.9 Å². The quantitative estimate of drug-likeness (QED) is 0.0629. The zero-order valence-corrected chi connectivity index (χ0v) is 25.4. The predicted molar refractivity (Wildman–Crippen MR) is 160 cm³/mol. The highest BCUT2D eigenvalue weighted by atomic mass is 16.7. The van der Waals surface area contributed by atoms with E-state index in [4.69, 9.17) is 25.1 Å². The van der Waals surface area contributed by atoms with E-state index in [0.717, 1.165) is 4.90 Å². The average Bonchev–Trinajstić information content (AvgIpc) is 3.07. The molecule has 2 aromatic carbocycles. The lowest BCUT2D eigenvalue weighted by atomic mass is 9.97. The van der Waals surface area contributed by atoms with Gasteiger partial charge in [0.1, 0.15) is 47.9 Å². The molecule has 19 heteroatoms. The van der Waals surface area contributed by atoms with Crippen LogP contribution in [0.1, 0.15) is 29.6 Å². The van der Waals surface area contributed by atoms with Crippen LogP contribution < -0.4 is 25.8 Å². The Bertz CT molecular complexity index is 1540. The van der Waals surface area contributed by atoms with Gasteiger partial charge in [-0.25, -0.2) is 9.59 Å². The first-order valence-electron chi connectivity index (χ1n) is 14.7. The number of likely N-dealkylation sites (tertiary alicyclic amines) is 1. The molecule has 2 heterocycles. The lowest BCUT2D eigenvalue weighted by Crippen LogP contribution is -2.66. The molecule has 2 saturated heterocycles. The zero-order valence-electron chi connectivity index (χ0n) is 25.4. The standard InChI is InChI=1S/C30H34N4O15/c31-17(27(41)42)9-10-47-15-5-1-13(2-6-15)19(32-12-35)25(39)33-18-11-34(26(18)40)20(28(43)44)14-3-7-16(8-4-14)48-30-23(38)21(36)22(37)24(49-30)29(45)46/h1-8,12,17-24,30,36-38H,9-11,31H2,(H,32,35)(H,33,39)(H,41,42)(H,43,44)(H,45,46)/t17?,18-,19?,20+,21?,22?,23?,24?,30?/m0/s1. The first-order chi connectivity index (χ1) is 23.2. The first kappa shape index (κ1) is 36.5. The van der Waals surface area contributed by atoms with Crippen LogP contribution in [-0.2, 0) is 33.5 Å². The third-order valence-corrected chi connectivity index (χ3v) is 7.81. The summed E-state index contributed by atoms with van der Waals surface area (Å²) >= 11 is 0. The summed E-state index contributed by atoms with van der Waals surface area (Å²) in [6.07, 6.45) is -8.87. The number of hydrogen-bond donors (Lipinski definition) is 9. The van der Waals surface area contributed by atoms with E-state index in [1.54, 1.807) is 0 Å². The van der Waals surface area contributed by atoms with E-state index in [1.807, 2.05) is 0 Å². The van der Waals surface area contributed by atoms with Crippen molar-refractivity contribution in [3.05, 3.63) is 59.7 Å². The molecule has 0 aromatic heterocycles. The van der Waals surface area contributed by atoms with E-state index in [1.165, 1.54) is 48.5 Å². The average molecular weight is 691 g/mol. The minimum Gasteiger partial charge on any atom is -0.494 e. The normalized spacial score (nSPS) is 25.1. The summed E-state index contributed by atoms with van der Waals surface area (Å²) in [6, 6.07) is 6.13. The number of β-lactam (4-membered cyclic amide) rings is 1. The van der Waals surface area contributed by atoms with Crippen molar-refractivity contribution in [3.8, 4) is 11.5 Å². The van der Waals surface area contributed by atoms with Crippen LogP contribution in [0.15, 0.2) is 48.5 Å². The SMILES string of the molecule is NC(CCOc1ccc(C(NC=O)C(=O)N[C@H]2CN([C@@H](C(=O)O)c3ccc(OC4OC(C(=O)O)C(O)C(O)C4O)cc3)C2=O)cc1)C(=O)O. The molecule has 10 N–H and O–H groups in total. The van der Waals surface area contributed by atoms with E-state index in [-0.39, 0.29) is 30.9 Å². The van der Waals surface area contributed by atoms with Crippen LogP contribution in [0.3, 0.4) is 0 Å². The summed E-state index contributed by atoms with van der Waals surface area (Å²) in [7, 11) is 0. The number of carboxylic acids is 3. The molecular formula is C30H34N4O15. The van der Waals surface area contributed by atoms with Crippen LogP contribution in [0.2, 0.25) is 0 Å². The minimum absolute atomic E-state index is 0.0180. The number of carboxylic acid groups (broad SMARTS) is 3. The smallest absolute Gasteiger partial charge is 0.335 e. The van der Waals surface area contributed by atoms with Gasteiger partial charge in [0.05, 0.1) is 13.2 Å². The van der Waals surface area contributed by atoms with Crippen LogP contribution in [-0.4, -0.2) is 128 Å². The topological polar surface area (TPSA) is 305 Å². The Kier molecular flexibility index (Phi) is 11.7. The highest BCUT2D eigenvalue weighted by molar-refractivity contribution is 5.97. The van der Waals surface area contributed by atoms with Gasteiger partial charge in [-0.3, -0.25) is 19.2 Å². The fraction of sp³-hybridized carbons (Fsp3) is 0.400. The van der Waals surface area contributed by atoms with Gasteiger partial charge in [0, 0.05) is 6.42 Å². The molecule has 49 heavy (non-hydrogen) atoms. The Hall–Kier alpha value is -5.34. The van der Waals surface area contributed by atoms with Crippen LogP contribution >= 0.6 is 0 Å². The van der Waals surface area contributed by atoms with Crippen molar-refractivity contribution in [2.45, 2.75) is 61.3 Å². The van der Waals surface area contributed by atoms with Gasteiger partial charge in [0.2, 0.25) is 24.5 Å². The molecule has 0 aliphatic carbocycles. The summed E-state index contributed by atoms with van der Waals surface area (Å²) in [6.45, 7) is -0.179. The third-order valence-electron chi connectivity index (χ3n) is 7.81. The molecule has 2 aliphatic heterocycles.